The molecule has 0 radical (unpaired) electrons. The lowest BCUT2D eigenvalue weighted by molar-refractivity contribution is 0.0977. The van der Waals surface area contributed by atoms with Crippen LogP contribution in [-0.2, 0) is 0 Å². The van der Waals surface area contributed by atoms with Crippen LogP contribution in [0.1, 0.15) is 10.4 Å². The van der Waals surface area contributed by atoms with Crippen LogP contribution in [0.2, 0.25) is 0 Å². The summed E-state index contributed by atoms with van der Waals surface area (Å²) in [5, 5.41) is 5.09. The van der Waals surface area contributed by atoms with Crippen LogP contribution in [0.25, 0.3) is 0 Å². The molecule has 0 aliphatic rings. The molecule has 0 saturated heterocycles. The van der Waals surface area contributed by atoms with Crippen molar-refractivity contribution in [2.45, 2.75) is 0 Å². The van der Waals surface area contributed by atoms with Crippen molar-refractivity contribution in [2.75, 3.05) is 19.5 Å². The average Bonchev–Trinajstić information content (AvgIpc) is 2.56. The van der Waals surface area contributed by atoms with Crippen LogP contribution in [0.4, 0.5) is 10.1 Å². The van der Waals surface area contributed by atoms with Crippen molar-refractivity contribution in [3.63, 3.8) is 0 Å². The number of benzene rings is 2. The molecular weight excluding hydrogens is 399 g/mol. The summed E-state index contributed by atoms with van der Waals surface area (Å²) in [7, 11) is 2.97. The molecule has 0 bridgehead atoms. The summed E-state index contributed by atoms with van der Waals surface area (Å²) in [5.74, 6) is -0.0269. The van der Waals surface area contributed by atoms with E-state index in [4.69, 9.17) is 21.7 Å². The second-order valence-corrected chi connectivity index (χ2v) is 5.96. The van der Waals surface area contributed by atoms with Crippen molar-refractivity contribution >= 4 is 44.9 Å². The number of carbonyl (C=O) groups is 1. The SMILES string of the molecule is COc1cc(OC)cc(C(=O)NC(=S)Nc2ccc(Br)cc2F)c1. The first-order valence-electron chi connectivity index (χ1n) is 6.73. The standard InChI is InChI=1S/C16H14BrFN2O3S/c1-22-11-5-9(6-12(8-11)23-2)15(21)20-16(24)19-14-4-3-10(17)7-13(14)18/h3-8H,1-2H3,(H2,19,20,21,24). The van der Waals surface area contributed by atoms with Crippen LogP contribution in [0.3, 0.4) is 0 Å². The number of halogens is 2. The number of ether oxygens (including phenoxy) is 2. The van der Waals surface area contributed by atoms with E-state index < -0.39 is 11.7 Å². The fourth-order valence-corrected chi connectivity index (χ4v) is 2.39. The molecule has 0 spiro atoms. The minimum atomic E-state index is -0.496. The van der Waals surface area contributed by atoms with E-state index in [1.807, 2.05) is 0 Å². The molecule has 0 unspecified atom stereocenters. The van der Waals surface area contributed by atoms with Gasteiger partial charge in [-0.15, -0.1) is 0 Å². The summed E-state index contributed by atoms with van der Waals surface area (Å²) in [5.41, 5.74) is 0.457. The molecule has 5 nitrogen and oxygen atoms in total. The Morgan fingerprint density at radius 1 is 1.12 bits per heavy atom. The van der Waals surface area contributed by atoms with Crippen LogP contribution >= 0.6 is 28.1 Å². The largest absolute Gasteiger partial charge is 0.497 e. The number of carbonyl (C=O) groups excluding carboxylic acids is 1. The Balaban J connectivity index is 2.10. The maximum atomic E-state index is 13.8. The van der Waals surface area contributed by atoms with Gasteiger partial charge in [-0.2, -0.15) is 0 Å². The Morgan fingerprint density at radius 2 is 1.75 bits per heavy atom. The van der Waals surface area contributed by atoms with Gasteiger partial charge >= 0.3 is 0 Å². The third-order valence-corrected chi connectivity index (χ3v) is 3.72. The van der Waals surface area contributed by atoms with Gasteiger partial charge in [0.05, 0.1) is 19.9 Å². The Morgan fingerprint density at radius 3 is 2.29 bits per heavy atom. The third kappa shape index (κ3) is 4.65. The molecule has 126 valence electrons. The molecule has 0 atom stereocenters. The van der Waals surface area contributed by atoms with Gasteiger partial charge in [0.25, 0.3) is 5.91 Å². The van der Waals surface area contributed by atoms with E-state index in [-0.39, 0.29) is 10.8 Å². The number of hydrogen-bond donors (Lipinski definition) is 2. The Hall–Kier alpha value is -2.19. The van der Waals surface area contributed by atoms with Gasteiger partial charge in [0, 0.05) is 16.1 Å². The number of thiocarbonyl (C=S) groups is 1. The van der Waals surface area contributed by atoms with Crippen molar-refractivity contribution in [3.8, 4) is 11.5 Å². The first-order chi connectivity index (χ1) is 11.4. The second kappa shape index (κ2) is 8.07. The van der Waals surface area contributed by atoms with Crippen LogP contribution in [0, 0.1) is 5.82 Å². The maximum absolute atomic E-state index is 13.8. The Bertz CT molecular complexity index is 764. The number of hydrogen-bond acceptors (Lipinski definition) is 4. The first kappa shape index (κ1) is 18.2. The topological polar surface area (TPSA) is 59.6 Å². The van der Waals surface area contributed by atoms with Gasteiger partial charge in [-0.05, 0) is 42.5 Å². The highest BCUT2D eigenvalue weighted by atomic mass is 79.9. The lowest BCUT2D eigenvalue weighted by Gasteiger charge is -2.12. The normalized spacial score (nSPS) is 10.0. The van der Waals surface area contributed by atoms with Crippen molar-refractivity contribution in [1.82, 2.24) is 5.32 Å². The van der Waals surface area contributed by atoms with Crippen molar-refractivity contribution in [1.29, 1.82) is 0 Å². The highest BCUT2D eigenvalue weighted by Crippen LogP contribution is 2.22. The first-order valence-corrected chi connectivity index (χ1v) is 7.93. The fourth-order valence-electron chi connectivity index (χ4n) is 1.86. The van der Waals surface area contributed by atoms with E-state index in [1.54, 1.807) is 24.3 Å². The van der Waals surface area contributed by atoms with Crippen molar-refractivity contribution in [2.24, 2.45) is 0 Å². The zero-order valence-electron chi connectivity index (χ0n) is 12.9. The average molecular weight is 413 g/mol. The van der Waals surface area contributed by atoms with Crippen LogP contribution in [0.15, 0.2) is 40.9 Å². The summed E-state index contributed by atoms with van der Waals surface area (Å²) in [6.45, 7) is 0. The molecule has 0 aliphatic carbocycles. The van der Waals surface area contributed by atoms with Gasteiger partial charge in [0.15, 0.2) is 5.11 Å². The smallest absolute Gasteiger partial charge is 0.257 e. The van der Waals surface area contributed by atoms with Crippen molar-refractivity contribution < 1.29 is 18.7 Å². The zero-order chi connectivity index (χ0) is 17.7. The molecule has 2 aromatic carbocycles. The molecule has 2 rings (SSSR count). The van der Waals surface area contributed by atoms with Gasteiger partial charge in [-0.3, -0.25) is 10.1 Å². The van der Waals surface area contributed by atoms with Gasteiger partial charge in [0.2, 0.25) is 0 Å². The summed E-state index contributed by atoms with van der Waals surface area (Å²) in [6, 6.07) is 9.18. The van der Waals surface area contributed by atoms with Crippen molar-refractivity contribution in [3.05, 3.63) is 52.3 Å². The molecule has 1 amide bonds. The second-order valence-electron chi connectivity index (χ2n) is 4.63. The quantitative estimate of drug-likeness (QED) is 0.749. The number of rotatable bonds is 4. The van der Waals surface area contributed by atoms with Gasteiger partial charge in [0.1, 0.15) is 17.3 Å². The minimum Gasteiger partial charge on any atom is -0.497 e. The summed E-state index contributed by atoms with van der Waals surface area (Å²) >= 11 is 8.21. The fraction of sp³-hybridized carbons (Fsp3) is 0.125. The minimum absolute atomic E-state index is 0.0250. The molecule has 8 heteroatoms. The number of methoxy groups -OCH3 is 2. The van der Waals surface area contributed by atoms with E-state index in [0.717, 1.165) is 0 Å². The predicted molar refractivity (Wildman–Crippen MR) is 97.3 cm³/mol. The Kier molecular flexibility index (Phi) is 6.10. The number of amides is 1. The van der Waals surface area contributed by atoms with E-state index in [2.05, 4.69) is 26.6 Å². The number of nitrogens with one attached hydrogen (secondary N) is 2. The third-order valence-electron chi connectivity index (χ3n) is 3.02. The lowest BCUT2D eigenvalue weighted by atomic mass is 10.2. The number of anilines is 1. The van der Waals surface area contributed by atoms with E-state index >= 15 is 0 Å². The van der Waals surface area contributed by atoms with Gasteiger partial charge in [-0.1, -0.05) is 15.9 Å². The molecule has 0 fully saturated rings. The van der Waals surface area contributed by atoms with Crippen LogP contribution in [0.5, 0.6) is 11.5 Å². The molecule has 0 heterocycles. The zero-order valence-corrected chi connectivity index (χ0v) is 15.3. The highest BCUT2D eigenvalue weighted by molar-refractivity contribution is 9.10. The molecule has 0 saturated carbocycles. The molecule has 0 aliphatic heterocycles. The Labute approximate surface area is 152 Å². The molecule has 0 aromatic heterocycles. The predicted octanol–water partition coefficient (Wildman–Crippen LogP) is 3.73. The van der Waals surface area contributed by atoms with Crippen LogP contribution in [-0.4, -0.2) is 25.2 Å². The van der Waals surface area contributed by atoms with E-state index in [0.29, 0.717) is 21.5 Å². The summed E-state index contributed by atoms with van der Waals surface area (Å²) in [4.78, 5) is 12.3. The van der Waals surface area contributed by atoms with Gasteiger partial charge < -0.3 is 14.8 Å². The highest BCUT2D eigenvalue weighted by Gasteiger charge is 2.12. The molecular formula is C16H14BrFN2O3S. The van der Waals surface area contributed by atoms with Gasteiger partial charge in [-0.25, -0.2) is 4.39 Å². The molecule has 2 N–H and O–H groups in total. The van der Waals surface area contributed by atoms with E-state index in [1.165, 1.54) is 26.4 Å². The molecule has 24 heavy (non-hydrogen) atoms. The monoisotopic (exact) mass is 412 g/mol. The van der Waals surface area contributed by atoms with Crippen LogP contribution < -0.4 is 20.1 Å². The summed E-state index contributed by atoms with van der Waals surface area (Å²) < 4.78 is 24.6. The maximum Gasteiger partial charge on any atom is 0.257 e. The summed E-state index contributed by atoms with van der Waals surface area (Å²) in [6.07, 6.45) is 0. The lowest BCUT2D eigenvalue weighted by Crippen LogP contribution is -2.34. The molecule has 2 aromatic rings. The van der Waals surface area contributed by atoms with E-state index in [9.17, 15) is 9.18 Å².